The van der Waals surface area contributed by atoms with Gasteiger partial charge in [0.25, 0.3) is 5.91 Å². The Hall–Kier alpha value is -4.27. The molecule has 3 aromatic rings. The van der Waals surface area contributed by atoms with Gasteiger partial charge in [-0.2, -0.15) is 0 Å². The highest BCUT2D eigenvalue weighted by Gasteiger charge is 2.20. The van der Waals surface area contributed by atoms with Gasteiger partial charge in [-0.1, -0.05) is 6.07 Å². The zero-order chi connectivity index (χ0) is 24.8. The lowest BCUT2D eigenvalue weighted by atomic mass is 9.98. The Balaban J connectivity index is 1.25. The third-order valence-electron chi connectivity index (χ3n) is 6.01. The van der Waals surface area contributed by atoms with Crippen LogP contribution in [0.3, 0.4) is 0 Å². The number of ether oxygens (including phenoxy) is 1. The number of carbonyl (C=O) groups excluding carboxylic acids is 1. The third kappa shape index (κ3) is 6.20. The Morgan fingerprint density at radius 1 is 1.20 bits per heavy atom. The largest absolute Gasteiger partial charge is 0.493 e. The highest BCUT2D eigenvalue weighted by molar-refractivity contribution is 5.95. The Labute approximate surface area is 203 Å². The molecule has 4 rings (SSSR count). The number of nitrogens with two attached hydrogens (primary N) is 1. The molecular weight excluding hydrogens is 446 g/mol. The van der Waals surface area contributed by atoms with Crippen LogP contribution in [0.5, 0.6) is 5.75 Å². The number of nitrogens with one attached hydrogen (secondary N) is 1. The van der Waals surface area contributed by atoms with Crippen LogP contribution in [-0.2, 0) is 0 Å². The van der Waals surface area contributed by atoms with Crippen LogP contribution in [0.4, 0.5) is 0 Å². The van der Waals surface area contributed by atoms with E-state index in [1.165, 1.54) is 0 Å². The second kappa shape index (κ2) is 10.8. The number of carbonyl (C=O) groups is 2. The molecule has 9 heteroatoms. The quantitative estimate of drug-likeness (QED) is 0.428. The van der Waals surface area contributed by atoms with E-state index < -0.39 is 5.97 Å². The van der Waals surface area contributed by atoms with Crippen LogP contribution in [-0.4, -0.2) is 51.0 Å². The number of imidazole rings is 1. The van der Waals surface area contributed by atoms with Crippen LogP contribution < -0.4 is 15.8 Å². The molecule has 0 aliphatic carbocycles. The molecule has 1 fully saturated rings. The molecule has 0 bridgehead atoms. The first-order chi connectivity index (χ1) is 16.9. The number of nitrogens with zero attached hydrogens (tertiary/aromatic N) is 3. The summed E-state index contributed by atoms with van der Waals surface area (Å²) in [5.74, 6) is 0.421. The van der Waals surface area contributed by atoms with E-state index in [4.69, 9.17) is 15.6 Å². The fourth-order valence-electron chi connectivity index (χ4n) is 3.95. The average molecular weight is 476 g/mol. The van der Waals surface area contributed by atoms with Crippen molar-refractivity contribution in [3.63, 3.8) is 0 Å². The number of allylic oxidation sites excluding steroid dienone is 3. The molecule has 1 amide bonds. The van der Waals surface area contributed by atoms with Gasteiger partial charge in [0.05, 0.1) is 23.6 Å². The predicted molar refractivity (Wildman–Crippen MR) is 132 cm³/mol. The zero-order valence-corrected chi connectivity index (χ0v) is 19.6. The summed E-state index contributed by atoms with van der Waals surface area (Å²) in [6, 6.07) is 10.1. The van der Waals surface area contributed by atoms with Gasteiger partial charge in [-0.25, -0.2) is 9.78 Å². The standard InChI is InChI=1S/C26H29N5O4/c1-18(29-25(32)21-6-8-24-28-11-14-31(24)16-21)5-7-23(27)30-12-9-19(10-13-30)17-35-22-4-2-3-20(15-22)26(33)34/h2-8,11,14-16,19H,9-10,12-13,17,27H2,1H3,(H,29,32)(H,33,34)/b18-5+,23-7+. The number of pyridine rings is 1. The molecule has 35 heavy (non-hydrogen) atoms. The highest BCUT2D eigenvalue weighted by Crippen LogP contribution is 2.21. The van der Waals surface area contributed by atoms with Gasteiger partial charge in [-0.3, -0.25) is 4.79 Å². The van der Waals surface area contributed by atoms with Crippen molar-refractivity contribution in [2.75, 3.05) is 19.7 Å². The van der Waals surface area contributed by atoms with E-state index in [-0.39, 0.29) is 11.5 Å². The topological polar surface area (TPSA) is 122 Å². The lowest BCUT2D eigenvalue weighted by Gasteiger charge is -2.33. The van der Waals surface area contributed by atoms with Crippen LogP contribution >= 0.6 is 0 Å². The monoisotopic (exact) mass is 475 g/mol. The maximum absolute atomic E-state index is 12.5. The first kappa shape index (κ1) is 23.9. The summed E-state index contributed by atoms with van der Waals surface area (Å²) in [5, 5.41) is 12.0. The highest BCUT2D eigenvalue weighted by atomic mass is 16.5. The third-order valence-corrected chi connectivity index (χ3v) is 6.01. The van der Waals surface area contributed by atoms with Crippen molar-refractivity contribution in [2.45, 2.75) is 19.8 Å². The minimum atomic E-state index is -0.967. The van der Waals surface area contributed by atoms with Crippen molar-refractivity contribution < 1.29 is 19.4 Å². The molecule has 0 unspecified atom stereocenters. The number of hydrogen-bond acceptors (Lipinski definition) is 6. The summed E-state index contributed by atoms with van der Waals surface area (Å²) in [4.78, 5) is 29.9. The van der Waals surface area contributed by atoms with Crippen molar-refractivity contribution >= 4 is 17.5 Å². The molecular formula is C26H29N5O4. The molecule has 1 aliphatic rings. The minimum Gasteiger partial charge on any atom is -0.493 e. The Kier molecular flexibility index (Phi) is 7.35. The number of likely N-dealkylation sites (tertiary alicyclic amines) is 1. The maximum Gasteiger partial charge on any atom is 0.335 e. The Morgan fingerprint density at radius 2 is 2.00 bits per heavy atom. The van der Waals surface area contributed by atoms with E-state index in [1.807, 2.05) is 13.0 Å². The normalized spacial score (nSPS) is 15.3. The number of hydrogen-bond donors (Lipinski definition) is 3. The SMILES string of the molecule is C/C(=C\C=C(/N)N1CCC(COc2cccc(C(=O)O)c2)CC1)NC(=O)c1ccc2nccn2c1. The van der Waals surface area contributed by atoms with Gasteiger partial charge >= 0.3 is 5.97 Å². The Bertz CT molecular complexity index is 1270. The van der Waals surface area contributed by atoms with E-state index in [9.17, 15) is 9.59 Å². The van der Waals surface area contributed by atoms with Crippen LogP contribution in [0.2, 0.25) is 0 Å². The van der Waals surface area contributed by atoms with Gasteiger partial charge in [-0.05, 0) is 68.2 Å². The fraction of sp³-hybridized carbons (Fsp3) is 0.269. The van der Waals surface area contributed by atoms with Gasteiger partial charge in [-0.15, -0.1) is 0 Å². The molecule has 1 aliphatic heterocycles. The molecule has 2 aromatic heterocycles. The molecule has 0 saturated carbocycles. The number of piperidine rings is 1. The lowest BCUT2D eigenvalue weighted by Crippen LogP contribution is -2.37. The molecule has 0 spiro atoms. The number of aromatic nitrogens is 2. The van der Waals surface area contributed by atoms with Crippen molar-refractivity contribution in [2.24, 2.45) is 11.7 Å². The zero-order valence-electron chi connectivity index (χ0n) is 19.6. The number of benzene rings is 1. The summed E-state index contributed by atoms with van der Waals surface area (Å²) in [5.41, 5.74) is 8.51. The number of carboxylic acid groups (broad SMARTS) is 1. The molecule has 4 N–H and O–H groups in total. The first-order valence-electron chi connectivity index (χ1n) is 11.5. The van der Waals surface area contributed by atoms with E-state index in [0.29, 0.717) is 35.4 Å². The van der Waals surface area contributed by atoms with Gasteiger partial charge in [0.15, 0.2) is 0 Å². The van der Waals surface area contributed by atoms with Crippen LogP contribution in [0, 0.1) is 5.92 Å². The van der Waals surface area contributed by atoms with Crippen molar-refractivity contribution in [3.05, 3.63) is 89.8 Å². The van der Waals surface area contributed by atoms with E-state index in [1.54, 1.807) is 65.5 Å². The summed E-state index contributed by atoms with van der Waals surface area (Å²) < 4.78 is 7.62. The molecule has 0 radical (unpaired) electrons. The van der Waals surface area contributed by atoms with Gasteiger partial charge in [0, 0.05) is 37.4 Å². The van der Waals surface area contributed by atoms with Crippen LogP contribution in [0.15, 0.2) is 78.7 Å². The van der Waals surface area contributed by atoms with E-state index in [0.717, 1.165) is 31.6 Å². The summed E-state index contributed by atoms with van der Waals surface area (Å²) in [6.07, 6.45) is 10.7. The first-order valence-corrected chi connectivity index (χ1v) is 11.5. The van der Waals surface area contributed by atoms with Crippen LogP contribution in [0.1, 0.15) is 40.5 Å². The molecule has 0 atom stereocenters. The fourth-order valence-corrected chi connectivity index (χ4v) is 3.95. The second-order valence-electron chi connectivity index (χ2n) is 8.58. The van der Waals surface area contributed by atoms with Gasteiger partial charge < -0.3 is 30.2 Å². The molecule has 1 saturated heterocycles. The Morgan fingerprint density at radius 3 is 2.77 bits per heavy atom. The molecule has 182 valence electrons. The predicted octanol–water partition coefficient (Wildman–Crippen LogP) is 3.26. The number of rotatable bonds is 8. The number of carboxylic acids is 1. The number of aromatic carboxylic acids is 1. The van der Waals surface area contributed by atoms with Crippen LogP contribution in [0.25, 0.3) is 5.65 Å². The molecule has 1 aromatic carbocycles. The molecule has 3 heterocycles. The van der Waals surface area contributed by atoms with Crippen molar-refractivity contribution in [1.29, 1.82) is 0 Å². The summed E-state index contributed by atoms with van der Waals surface area (Å²) in [7, 11) is 0. The van der Waals surface area contributed by atoms with E-state index in [2.05, 4.69) is 15.2 Å². The summed E-state index contributed by atoms with van der Waals surface area (Å²) >= 11 is 0. The maximum atomic E-state index is 12.5. The number of fused-ring (bicyclic) bond motifs is 1. The second-order valence-corrected chi connectivity index (χ2v) is 8.58. The molecule has 9 nitrogen and oxygen atoms in total. The van der Waals surface area contributed by atoms with E-state index >= 15 is 0 Å². The smallest absolute Gasteiger partial charge is 0.335 e. The lowest BCUT2D eigenvalue weighted by molar-refractivity contribution is 0.0696. The van der Waals surface area contributed by atoms with Gasteiger partial charge in [0.2, 0.25) is 0 Å². The minimum absolute atomic E-state index is 0.198. The summed E-state index contributed by atoms with van der Waals surface area (Å²) in [6.45, 7) is 3.96. The van der Waals surface area contributed by atoms with Crippen molar-refractivity contribution in [1.82, 2.24) is 19.6 Å². The number of amides is 1. The van der Waals surface area contributed by atoms with Crippen molar-refractivity contribution in [3.8, 4) is 5.75 Å². The van der Waals surface area contributed by atoms with Gasteiger partial charge in [0.1, 0.15) is 11.4 Å². The average Bonchev–Trinajstić information content (AvgIpc) is 3.34.